The van der Waals surface area contributed by atoms with Crippen molar-refractivity contribution < 1.29 is 0 Å². The molecule has 3 heteroatoms. The molecule has 0 atom stereocenters. The van der Waals surface area contributed by atoms with E-state index >= 15 is 0 Å². The molecular weight excluding hydrogens is 268 g/mol. The molecule has 1 aliphatic carbocycles. The van der Waals surface area contributed by atoms with Gasteiger partial charge < -0.3 is 4.90 Å². The summed E-state index contributed by atoms with van der Waals surface area (Å²) in [5, 5.41) is 0. The van der Waals surface area contributed by atoms with Crippen molar-refractivity contribution in [1.82, 2.24) is 4.98 Å². The van der Waals surface area contributed by atoms with Crippen LogP contribution >= 0.6 is 11.6 Å². The van der Waals surface area contributed by atoms with Gasteiger partial charge in [0.2, 0.25) is 0 Å². The Balaban J connectivity index is 2.11. The second-order valence-electron chi connectivity index (χ2n) is 6.43. The summed E-state index contributed by atoms with van der Waals surface area (Å²) in [6, 6.07) is 4.28. The topological polar surface area (TPSA) is 16.1 Å². The summed E-state index contributed by atoms with van der Waals surface area (Å²) in [6.07, 6.45) is 6.95. The molecule has 20 heavy (non-hydrogen) atoms. The lowest BCUT2D eigenvalue weighted by molar-refractivity contribution is 0.361. The predicted octanol–water partition coefficient (Wildman–Crippen LogP) is 4.96. The molecule has 0 aliphatic heterocycles. The lowest BCUT2D eigenvalue weighted by Gasteiger charge is -2.28. The van der Waals surface area contributed by atoms with Crippen molar-refractivity contribution >= 4 is 17.4 Å². The Morgan fingerprint density at radius 1 is 1.25 bits per heavy atom. The monoisotopic (exact) mass is 294 g/mol. The molecule has 1 aromatic heterocycles. The highest BCUT2D eigenvalue weighted by Gasteiger charge is 2.17. The highest BCUT2D eigenvalue weighted by atomic mass is 35.5. The minimum atomic E-state index is 0.444. The van der Waals surface area contributed by atoms with Crippen LogP contribution in [0.5, 0.6) is 0 Å². The van der Waals surface area contributed by atoms with E-state index in [0.29, 0.717) is 11.8 Å². The van der Waals surface area contributed by atoms with E-state index in [1.165, 1.54) is 37.7 Å². The number of pyridine rings is 1. The van der Waals surface area contributed by atoms with Gasteiger partial charge in [-0.05, 0) is 42.4 Å². The molecule has 0 radical (unpaired) electrons. The molecule has 1 heterocycles. The minimum Gasteiger partial charge on any atom is -0.359 e. The molecule has 0 unspecified atom stereocenters. The Bertz CT molecular complexity index is 425. The van der Waals surface area contributed by atoms with Gasteiger partial charge in [0.25, 0.3) is 0 Å². The van der Waals surface area contributed by atoms with Crippen LogP contribution in [-0.2, 0) is 5.88 Å². The first kappa shape index (κ1) is 15.6. The van der Waals surface area contributed by atoms with Crippen LogP contribution < -0.4 is 4.90 Å². The third-order valence-corrected chi connectivity index (χ3v) is 4.59. The largest absolute Gasteiger partial charge is 0.359 e. The highest BCUT2D eigenvalue weighted by molar-refractivity contribution is 6.17. The normalized spacial score (nSPS) is 16.6. The molecule has 1 aromatic rings. The van der Waals surface area contributed by atoms with Gasteiger partial charge in [-0.3, -0.25) is 0 Å². The van der Waals surface area contributed by atoms with Gasteiger partial charge in [0.05, 0.1) is 0 Å². The van der Waals surface area contributed by atoms with Crippen LogP contribution in [0.15, 0.2) is 12.1 Å². The lowest BCUT2D eigenvalue weighted by atomic mass is 9.89. The maximum Gasteiger partial charge on any atom is 0.128 e. The molecule has 1 saturated carbocycles. The maximum atomic E-state index is 6.03. The fraction of sp³-hybridized carbons (Fsp3) is 0.706. The van der Waals surface area contributed by atoms with Gasteiger partial charge in [-0.1, -0.05) is 33.1 Å². The van der Waals surface area contributed by atoms with Crippen molar-refractivity contribution in [3.05, 3.63) is 23.4 Å². The van der Waals surface area contributed by atoms with Crippen molar-refractivity contribution in [3.63, 3.8) is 0 Å². The molecular formula is C17H27ClN2. The van der Waals surface area contributed by atoms with Gasteiger partial charge in [-0.15, -0.1) is 11.6 Å². The third-order valence-electron chi connectivity index (χ3n) is 4.29. The second kappa shape index (κ2) is 7.31. The SMILES string of the molecule is CC(C)c1cc(CCl)cc(N(C)CC2CCCCC2)n1. The molecule has 0 spiro atoms. The van der Waals surface area contributed by atoms with Gasteiger partial charge in [0.1, 0.15) is 5.82 Å². The van der Waals surface area contributed by atoms with E-state index in [2.05, 4.69) is 37.9 Å². The Labute approximate surface area is 128 Å². The lowest BCUT2D eigenvalue weighted by Crippen LogP contribution is -2.27. The zero-order chi connectivity index (χ0) is 14.5. The summed E-state index contributed by atoms with van der Waals surface area (Å²) in [7, 11) is 2.17. The number of nitrogens with zero attached hydrogens (tertiary/aromatic N) is 2. The predicted molar refractivity (Wildman–Crippen MR) is 87.7 cm³/mol. The van der Waals surface area contributed by atoms with Crippen molar-refractivity contribution in [2.45, 2.75) is 57.7 Å². The molecule has 0 aromatic carbocycles. The smallest absolute Gasteiger partial charge is 0.128 e. The van der Waals surface area contributed by atoms with E-state index in [1.807, 2.05) is 0 Å². The summed E-state index contributed by atoms with van der Waals surface area (Å²) in [4.78, 5) is 7.13. The van der Waals surface area contributed by atoms with Crippen LogP contribution in [0.1, 0.15) is 63.1 Å². The Morgan fingerprint density at radius 2 is 1.95 bits per heavy atom. The molecule has 2 nitrogen and oxygen atoms in total. The van der Waals surface area contributed by atoms with E-state index in [4.69, 9.17) is 16.6 Å². The van der Waals surface area contributed by atoms with Crippen LogP contribution in [0, 0.1) is 5.92 Å². The summed E-state index contributed by atoms with van der Waals surface area (Å²) in [6.45, 7) is 5.49. The zero-order valence-electron chi connectivity index (χ0n) is 13.0. The first-order valence-corrected chi connectivity index (χ1v) is 8.41. The summed E-state index contributed by atoms with van der Waals surface area (Å²) < 4.78 is 0. The number of rotatable bonds is 5. The van der Waals surface area contributed by atoms with Crippen molar-refractivity contribution in [2.75, 3.05) is 18.5 Å². The Hall–Kier alpha value is -0.760. The van der Waals surface area contributed by atoms with Crippen LogP contribution in [-0.4, -0.2) is 18.6 Å². The molecule has 0 amide bonds. The van der Waals surface area contributed by atoms with Crippen molar-refractivity contribution in [1.29, 1.82) is 0 Å². The number of alkyl halides is 1. The van der Waals surface area contributed by atoms with Gasteiger partial charge in [0.15, 0.2) is 0 Å². The number of halogens is 1. The standard InChI is InChI=1S/C17H27ClN2/c1-13(2)16-9-15(11-18)10-17(19-16)20(3)12-14-7-5-4-6-8-14/h9-10,13-14H,4-8,11-12H2,1-3H3. The van der Waals surface area contributed by atoms with Crippen LogP contribution in [0.25, 0.3) is 0 Å². The second-order valence-corrected chi connectivity index (χ2v) is 6.70. The fourth-order valence-electron chi connectivity index (χ4n) is 3.01. The van der Waals surface area contributed by atoms with Crippen LogP contribution in [0.2, 0.25) is 0 Å². The highest BCUT2D eigenvalue weighted by Crippen LogP contribution is 2.26. The number of anilines is 1. The van der Waals surface area contributed by atoms with E-state index < -0.39 is 0 Å². The minimum absolute atomic E-state index is 0.444. The molecule has 0 saturated heterocycles. The van der Waals surface area contributed by atoms with E-state index in [1.54, 1.807) is 0 Å². The van der Waals surface area contributed by atoms with Gasteiger partial charge >= 0.3 is 0 Å². The third kappa shape index (κ3) is 4.12. The molecule has 2 rings (SSSR count). The summed E-state index contributed by atoms with van der Waals surface area (Å²) in [5.41, 5.74) is 2.32. The average Bonchev–Trinajstić information content (AvgIpc) is 2.47. The van der Waals surface area contributed by atoms with Gasteiger partial charge in [-0.2, -0.15) is 0 Å². The fourth-order valence-corrected chi connectivity index (χ4v) is 3.17. The molecule has 112 valence electrons. The van der Waals surface area contributed by atoms with E-state index in [0.717, 1.165) is 24.0 Å². The Morgan fingerprint density at radius 3 is 2.55 bits per heavy atom. The molecule has 0 N–H and O–H groups in total. The maximum absolute atomic E-state index is 6.03. The van der Waals surface area contributed by atoms with Gasteiger partial charge in [-0.25, -0.2) is 4.98 Å². The number of aromatic nitrogens is 1. The van der Waals surface area contributed by atoms with E-state index in [-0.39, 0.29) is 0 Å². The molecule has 0 bridgehead atoms. The summed E-state index contributed by atoms with van der Waals surface area (Å²) in [5.74, 6) is 2.92. The molecule has 1 aliphatic rings. The number of hydrogen-bond acceptors (Lipinski definition) is 2. The average molecular weight is 295 g/mol. The molecule has 1 fully saturated rings. The van der Waals surface area contributed by atoms with Crippen LogP contribution in [0.4, 0.5) is 5.82 Å². The van der Waals surface area contributed by atoms with E-state index in [9.17, 15) is 0 Å². The number of hydrogen-bond donors (Lipinski definition) is 0. The zero-order valence-corrected chi connectivity index (χ0v) is 13.8. The first-order chi connectivity index (χ1) is 9.60. The van der Waals surface area contributed by atoms with Crippen molar-refractivity contribution in [3.8, 4) is 0 Å². The quantitative estimate of drug-likeness (QED) is 0.714. The first-order valence-electron chi connectivity index (χ1n) is 7.88. The van der Waals surface area contributed by atoms with Crippen molar-refractivity contribution in [2.24, 2.45) is 5.92 Å². The van der Waals surface area contributed by atoms with Crippen LogP contribution in [0.3, 0.4) is 0 Å². The Kier molecular flexibility index (Phi) is 5.71. The summed E-state index contributed by atoms with van der Waals surface area (Å²) >= 11 is 6.03. The van der Waals surface area contributed by atoms with Gasteiger partial charge in [0, 0.05) is 25.2 Å².